The Bertz CT molecular complexity index is 944. The number of aryl methyl sites for hydroxylation is 1. The lowest BCUT2D eigenvalue weighted by molar-refractivity contribution is -0.155. The lowest BCUT2D eigenvalue weighted by Crippen LogP contribution is -2.59. The number of morpholine rings is 2. The number of ether oxygens (including phenoxy) is 3. The van der Waals surface area contributed by atoms with Gasteiger partial charge in [0.1, 0.15) is 29.5 Å². The Balaban J connectivity index is 1.52. The van der Waals surface area contributed by atoms with Gasteiger partial charge in [-0.25, -0.2) is 4.39 Å². The highest BCUT2D eigenvalue weighted by Crippen LogP contribution is 2.26. The van der Waals surface area contributed by atoms with E-state index in [1.807, 2.05) is 0 Å². The summed E-state index contributed by atoms with van der Waals surface area (Å²) in [4.78, 5) is 29.6. The van der Waals surface area contributed by atoms with E-state index in [4.69, 9.17) is 14.2 Å². The lowest BCUT2D eigenvalue weighted by atomic mass is 9.96. The Kier molecular flexibility index (Phi) is 6.71. The van der Waals surface area contributed by atoms with Crippen molar-refractivity contribution in [1.82, 2.24) is 19.6 Å². The largest absolute Gasteiger partial charge is 0.490 e. The standard InChI is InChI=1S/C22H27FN4O5/c1-25-19(6-7-24-25)21(29)27-10-13-32-22(15-27,14-20(28)26-8-11-30-12-9-26)16-31-18-4-2-17(23)3-5-18/h2-7H,8-16H2,1H3/t22-/m0/s1. The molecular weight excluding hydrogens is 419 g/mol. The summed E-state index contributed by atoms with van der Waals surface area (Å²) in [5.74, 6) is -0.163. The molecule has 32 heavy (non-hydrogen) atoms. The van der Waals surface area contributed by atoms with Crippen LogP contribution in [0.15, 0.2) is 36.5 Å². The van der Waals surface area contributed by atoms with Gasteiger partial charge in [0.15, 0.2) is 0 Å². The Morgan fingerprint density at radius 2 is 1.81 bits per heavy atom. The minimum atomic E-state index is -1.03. The molecule has 2 aromatic rings. The van der Waals surface area contributed by atoms with Crippen molar-refractivity contribution in [3.05, 3.63) is 48.0 Å². The number of amides is 2. The van der Waals surface area contributed by atoms with E-state index < -0.39 is 5.60 Å². The van der Waals surface area contributed by atoms with Crippen LogP contribution in [-0.4, -0.2) is 89.6 Å². The summed E-state index contributed by atoms with van der Waals surface area (Å²) in [6.45, 7) is 2.93. The van der Waals surface area contributed by atoms with E-state index in [0.29, 0.717) is 44.3 Å². The van der Waals surface area contributed by atoms with Crippen molar-refractivity contribution in [2.24, 2.45) is 7.05 Å². The zero-order valence-electron chi connectivity index (χ0n) is 18.0. The molecule has 0 bridgehead atoms. The summed E-state index contributed by atoms with van der Waals surface area (Å²) < 4.78 is 32.1. The normalized spacial score (nSPS) is 21.4. The molecular formula is C22H27FN4O5. The van der Waals surface area contributed by atoms with Crippen LogP contribution in [-0.2, 0) is 21.3 Å². The number of aromatic nitrogens is 2. The highest BCUT2D eigenvalue weighted by molar-refractivity contribution is 5.92. The van der Waals surface area contributed by atoms with Gasteiger partial charge < -0.3 is 24.0 Å². The quantitative estimate of drug-likeness (QED) is 0.661. The summed E-state index contributed by atoms with van der Waals surface area (Å²) in [5, 5.41) is 4.07. The van der Waals surface area contributed by atoms with E-state index in [1.54, 1.807) is 29.1 Å². The first-order valence-corrected chi connectivity index (χ1v) is 10.6. The van der Waals surface area contributed by atoms with Gasteiger partial charge in [-0.05, 0) is 30.3 Å². The molecule has 0 spiro atoms. The van der Waals surface area contributed by atoms with Gasteiger partial charge in [0, 0.05) is 32.9 Å². The average Bonchev–Trinajstić information content (AvgIpc) is 3.25. The Hall–Kier alpha value is -2.98. The number of hydrogen-bond donors (Lipinski definition) is 0. The first-order valence-electron chi connectivity index (χ1n) is 10.6. The zero-order chi connectivity index (χ0) is 22.6. The molecule has 0 N–H and O–H groups in total. The predicted octanol–water partition coefficient (Wildman–Crippen LogP) is 1.10. The highest BCUT2D eigenvalue weighted by Gasteiger charge is 2.43. The summed E-state index contributed by atoms with van der Waals surface area (Å²) in [6.07, 6.45) is 1.63. The van der Waals surface area contributed by atoms with Crippen molar-refractivity contribution in [3.63, 3.8) is 0 Å². The van der Waals surface area contributed by atoms with Gasteiger partial charge in [0.25, 0.3) is 5.91 Å². The second-order valence-corrected chi connectivity index (χ2v) is 8.01. The number of halogens is 1. The zero-order valence-corrected chi connectivity index (χ0v) is 18.0. The molecule has 4 rings (SSSR count). The number of carbonyl (C=O) groups excluding carboxylic acids is 2. The predicted molar refractivity (Wildman–Crippen MR) is 112 cm³/mol. The smallest absolute Gasteiger partial charge is 0.272 e. The molecule has 0 radical (unpaired) electrons. The summed E-state index contributed by atoms with van der Waals surface area (Å²) in [7, 11) is 1.71. The molecule has 2 fully saturated rings. The van der Waals surface area contributed by atoms with E-state index in [1.165, 1.54) is 28.9 Å². The van der Waals surface area contributed by atoms with Gasteiger partial charge in [-0.15, -0.1) is 0 Å². The van der Waals surface area contributed by atoms with Crippen LogP contribution in [0.4, 0.5) is 4.39 Å². The molecule has 2 saturated heterocycles. The Morgan fingerprint density at radius 1 is 1.09 bits per heavy atom. The Morgan fingerprint density at radius 3 is 2.50 bits per heavy atom. The van der Waals surface area contributed by atoms with Gasteiger partial charge in [-0.3, -0.25) is 14.3 Å². The third-order valence-corrected chi connectivity index (χ3v) is 5.73. The second-order valence-electron chi connectivity index (χ2n) is 8.01. The van der Waals surface area contributed by atoms with Crippen LogP contribution in [0.5, 0.6) is 5.75 Å². The second kappa shape index (κ2) is 9.66. The average molecular weight is 446 g/mol. The van der Waals surface area contributed by atoms with Gasteiger partial charge in [0.05, 0.1) is 32.8 Å². The van der Waals surface area contributed by atoms with Crippen LogP contribution in [0.1, 0.15) is 16.9 Å². The molecule has 1 aromatic carbocycles. The maximum Gasteiger partial charge on any atom is 0.272 e. The van der Waals surface area contributed by atoms with E-state index in [-0.39, 0.29) is 43.8 Å². The van der Waals surface area contributed by atoms with Crippen molar-refractivity contribution < 1.29 is 28.2 Å². The Labute approximate surface area is 185 Å². The number of hydrogen-bond acceptors (Lipinski definition) is 6. The number of rotatable bonds is 6. The van der Waals surface area contributed by atoms with Crippen molar-refractivity contribution in [2.75, 3.05) is 52.6 Å². The molecule has 1 aromatic heterocycles. The molecule has 1 atom stereocenters. The molecule has 172 valence electrons. The molecule has 0 aliphatic carbocycles. The fourth-order valence-electron chi connectivity index (χ4n) is 3.96. The molecule has 10 heteroatoms. The van der Waals surface area contributed by atoms with E-state index in [0.717, 1.165) is 0 Å². The van der Waals surface area contributed by atoms with Crippen LogP contribution in [0, 0.1) is 5.82 Å². The fourth-order valence-corrected chi connectivity index (χ4v) is 3.96. The van der Waals surface area contributed by atoms with Crippen molar-refractivity contribution in [1.29, 1.82) is 0 Å². The third-order valence-electron chi connectivity index (χ3n) is 5.73. The van der Waals surface area contributed by atoms with E-state index >= 15 is 0 Å². The molecule has 2 aliphatic heterocycles. The highest BCUT2D eigenvalue weighted by atomic mass is 19.1. The van der Waals surface area contributed by atoms with Gasteiger partial charge in [0.2, 0.25) is 5.91 Å². The van der Waals surface area contributed by atoms with Crippen molar-refractivity contribution in [3.8, 4) is 5.75 Å². The van der Waals surface area contributed by atoms with Crippen LogP contribution < -0.4 is 4.74 Å². The first kappa shape index (κ1) is 22.2. The number of benzene rings is 1. The first-order chi connectivity index (χ1) is 15.5. The lowest BCUT2D eigenvalue weighted by Gasteiger charge is -2.43. The van der Waals surface area contributed by atoms with Crippen LogP contribution in [0.3, 0.4) is 0 Å². The fraction of sp³-hybridized carbons (Fsp3) is 0.500. The topological polar surface area (TPSA) is 86.1 Å². The van der Waals surface area contributed by atoms with Crippen LogP contribution in [0.25, 0.3) is 0 Å². The SMILES string of the molecule is Cn1nccc1C(=O)N1CCO[C@@](COc2ccc(F)cc2)(CC(=O)N2CCOCC2)C1. The van der Waals surface area contributed by atoms with Gasteiger partial charge >= 0.3 is 0 Å². The number of carbonyl (C=O) groups is 2. The monoisotopic (exact) mass is 446 g/mol. The molecule has 3 heterocycles. The minimum Gasteiger partial charge on any atom is -0.490 e. The maximum absolute atomic E-state index is 13.3. The van der Waals surface area contributed by atoms with Crippen LogP contribution in [0.2, 0.25) is 0 Å². The van der Waals surface area contributed by atoms with Gasteiger partial charge in [-0.1, -0.05) is 0 Å². The maximum atomic E-state index is 13.3. The van der Waals surface area contributed by atoms with Crippen molar-refractivity contribution in [2.45, 2.75) is 12.0 Å². The summed E-state index contributed by atoms with van der Waals surface area (Å²) in [5.41, 5.74) is -0.573. The molecule has 2 aliphatic rings. The summed E-state index contributed by atoms with van der Waals surface area (Å²) in [6, 6.07) is 7.32. The third kappa shape index (κ3) is 5.08. The minimum absolute atomic E-state index is 0.0455. The summed E-state index contributed by atoms with van der Waals surface area (Å²) >= 11 is 0. The van der Waals surface area contributed by atoms with Crippen molar-refractivity contribution >= 4 is 11.8 Å². The van der Waals surface area contributed by atoms with E-state index in [9.17, 15) is 14.0 Å². The van der Waals surface area contributed by atoms with E-state index in [2.05, 4.69) is 5.10 Å². The van der Waals surface area contributed by atoms with Crippen LogP contribution >= 0.6 is 0 Å². The molecule has 0 unspecified atom stereocenters. The molecule has 0 saturated carbocycles. The van der Waals surface area contributed by atoms with Gasteiger partial charge in [-0.2, -0.15) is 5.10 Å². The molecule has 9 nitrogen and oxygen atoms in total. The number of nitrogens with zero attached hydrogens (tertiary/aromatic N) is 4. The molecule has 2 amide bonds.